The number of piperidine rings is 1. The fourth-order valence-corrected chi connectivity index (χ4v) is 4.66. The first-order valence-corrected chi connectivity index (χ1v) is 10.1. The molecule has 2 aliphatic heterocycles. The topological polar surface area (TPSA) is 35.6 Å². The third-order valence-electron chi connectivity index (χ3n) is 6.36. The number of nitrogens with one attached hydrogen (secondary N) is 1. The fourth-order valence-electron chi connectivity index (χ4n) is 4.66. The van der Waals surface area contributed by atoms with Gasteiger partial charge in [0.1, 0.15) is 0 Å². The quantitative estimate of drug-likeness (QED) is 0.912. The van der Waals surface area contributed by atoms with Gasteiger partial charge in [0.25, 0.3) is 0 Å². The van der Waals surface area contributed by atoms with Crippen molar-refractivity contribution in [1.29, 1.82) is 0 Å². The Labute approximate surface area is 151 Å². The second-order valence-corrected chi connectivity index (χ2v) is 8.16. The van der Waals surface area contributed by atoms with Crippen molar-refractivity contribution < 1.29 is 4.79 Å². The normalized spacial score (nSPS) is 23.6. The minimum atomic E-state index is 0.169. The van der Waals surface area contributed by atoms with E-state index in [4.69, 9.17) is 0 Å². The van der Waals surface area contributed by atoms with E-state index in [0.29, 0.717) is 12.1 Å². The van der Waals surface area contributed by atoms with Crippen molar-refractivity contribution in [2.75, 3.05) is 26.2 Å². The molecule has 0 spiro atoms. The Kier molecular flexibility index (Phi) is 5.25. The minimum absolute atomic E-state index is 0.169. The van der Waals surface area contributed by atoms with Crippen LogP contribution in [-0.2, 0) is 6.42 Å². The molecule has 0 aromatic heterocycles. The minimum Gasteiger partial charge on any atom is -0.335 e. The Morgan fingerprint density at radius 2 is 1.68 bits per heavy atom. The molecule has 1 saturated carbocycles. The summed E-state index contributed by atoms with van der Waals surface area (Å²) in [7, 11) is 0. The molecular formula is C21H31N3O. The molecule has 4 nitrogen and oxygen atoms in total. The molecular weight excluding hydrogens is 310 g/mol. The van der Waals surface area contributed by atoms with E-state index in [0.717, 1.165) is 31.8 Å². The molecule has 1 aromatic rings. The molecule has 1 N–H and O–H groups in total. The van der Waals surface area contributed by atoms with E-state index in [-0.39, 0.29) is 6.03 Å². The summed E-state index contributed by atoms with van der Waals surface area (Å²) in [5.41, 5.74) is 1.47. The summed E-state index contributed by atoms with van der Waals surface area (Å²) in [6.45, 7) is 4.23. The second kappa shape index (κ2) is 7.77. The molecule has 1 aromatic carbocycles. The molecule has 25 heavy (non-hydrogen) atoms. The number of nitrogens with zero attached hydrogens (tertiary/aromatic N) is 2. The van der Waals surface area contributed by atoms with Crippen LogP contribution in [0.25, 0.3) is 0 Å². The number of rotatable bonds is 4. The van der Waals surface area contributed by atoms with Crippen molar-refractivity contribution in [3.8, 4) is 0 Å². The second-order valence-electron chi connectivity index (χ2n) is 8.16. The lowest BCUT2D eigenvalue weighted by molar-refractivity contribution is 0.0340. The predicted octanol–water partition coefficient (Wildman–Crippen LogP) is 3.28. The van der Waals surface area contributed by atoms with Gasteiger partial charge in [-0.15, -0.1) is 0 Å². The van der Waals surface area contributed by atoms with Crippen LogP contribution in [0.2, 0.25) is 0 Å². The zero-order chi connectivity index (χ0) is 17.1. The molecule has 0 atom stereocenters. The SMILES string of the molecule is O=C(NC1CCCC1)N1CC(N2CCC(Cc3ccccc3)CC2)C1. The van der Waals surface area contributed by atoms with Crippen LogP contribution in [0, 0.1) is 5.92 Å². The van der Waals surface area contributed by atoms with Crippen LogP contribution in [0.3, 0.4) is 0 Å². The van der Waals surface area contributed by atoms with Gasteiger partial charge < -0.3 is 10.2 Å². The molecule has 2 heterocycles. The number of likely N-dealkylation sites (tertiary alicyclic amines) is 2. The van der Waals surface area contributed by atoms with E-state index >= 15 is 0 Å². The maximum atomic E-state index is 12.3. The summed E-state index contributed by atoms with van der Waals surface area (Å²) in [5, 5.41) is 3.21. The van der Waals surface area contributed by atoms with Gasteiger partial charge in [-0.05, 0) is 56.7 Å². The van der Waals surface area contributed by atoms with Crippen LogP contribution in [0.1, 0.15) is 44.1 Å². The third-order valence-corrected chi connectivity index (χ3v) is 6.36. The summed E-state index contributed by atoms with van der Waals surface area (Å²) in [6.07, 6.45) is 8.67. The Hall–Kier alpha value is -1.55. The number of carbonyl (C=O) groups excluding carboxylic acids is 1. The first-order valence-electron chi connectivity index (χ1n) is 10.1. The lowest BCUT2D eigenvalue weighted by Gasteiger charge is -2.47. The standard InChI is InChI=1S/C21H31N3O/c25-21(22-19-8-4-5-9-19)24-15-20(16-24)23-12-10-18(11-13-23)14-17-6-2-1-3-7-17/h1-3,6-7,18-20H,4-5,8-16H2,(H,22,25). The molecule has 2 saturated heterocycles. The fraction of sp³-hybridized carbons (Fsp3) is 0.667. The molecule has 3 fully saturated rings. The van der Waals surface area contributed by atoms with Crippen molar-refractivity contribution in [2.45, 2.75) is 57.0 Å². The van der Waals surface area contributed by atoms with Gasteiger partial charge in [-0.1, -0.05) is 43.2 Å². The number of urea groups is 1. The highest BCUT2D eigenvalue weighted by Crippen LogP contribution is 2.26. The largest absolute Gasteiger partial charge is 0.335 e. The summed E-state index contributed by atoms with van der Waals surface area (Å²) >= 11 is 0. The highest BCUT2D eigenvalue weighted by atomic mass is 16.2. The van der Waals surface area contributed by atoms with Crippen LogP contribution >= 0.6 is 0 Å². The number of hydrogen-bond donors (Lipinski definition) is 1. The van der Waals surface area contributed by atoms with Crippen molar-refractivity contribution in [1.82, 2.24) is 15.1 Å². The Bertz CT molecular complexity index is 556. The number of hydrogen-bond acceptors (Lipinski definition) is 2. The van der Waals surface area contributed by atoms with Gasteiger partial charge in [-0.3, -0.25) is 4.90 Å². The van der Waals surface area contributed by atoms with E-state index in [1.165, 1.54) is 50.8 Å². The molecule has 1 aliphatic carbocycles. The summed E-state index contributed by atoms with van der Waals surface area (Å²) in [6, 6.07) is 12.1. The molecule has 4 rings (SSSR count). The first-order chi connectivity index (χ1) is 12.3. The molecule has 0 bridgehead atoms. The lowest BCUT2D eigenvalue weighted by atomic mass is 9.89. The molecule has 4 heteroatoms. The zero-order valence-corrected chi connectivity index (χ0v) is 15.2. The van der Waals surface area contributed by atoms with Gasteiger partial charge in [-0.25, -0.2) is 4.79 Å². The highest BCUT2D eigenvalue weighted by Gasteiger charge is 2.36. The van der Waals surface area contributed by atoms with Crippen LogP contribution in [-0.4, -0.2) is 54.1 Å². The van der Waals surface area contributed by atoms with E-state index in [1.54, 1.807) is 0 Å². The maximum Gasteiger partial charge on any atom is 0.317 e. The molecule has 3 aliphatic rings. The Morgan fingerprint density at radius 1 is 1.00 bits per heavy atom. The number of amides is 2. The van der Waals surface area contributed by atoms with Gasteiger partial charge in [0, 0.05) is 25.2 Å². The van der Waals surface area contributed by atoms with Gasteiger partial charge in [0.2, 0.25) is 0 Å². The van der Waals surface area contributed by atoms with Crippen LogP contribution in [0.15, 0.2) is 30.3 Å². The number of carbonyl (C=O) groups is 1. The molecule has 2 amide bonds. The van der Waals surface area contributed by atoms with Crippen molar-refractivity contribution in [2.24, 2.45) is 5.92 Å². The van der Waals surface area contributed by atoms with Crippen LogP contribution in [0.4, 0.5) is 4.79 Å². The average Bonchev–Trinajstić information content (AvgIpc) is 3.09. The van der Waals surface area contributed by atoms with E-state index in [1.807, 2.05) is 4.90 Å². The highest BCUT2D eigenvalue weighted by molar-refractivity contribution is 5.75. The molecule has 136 valence electrons. The van der Waals surface area contributed by atoms with Crippen LogP contribution < -0.4 is 5.32 Å². The van der Waals surface area contributed by atoms with E-state index in [9.17, 15) is 4.79 Å². The van der Waals surface area contributed by atoms with Gasteiger partial charge >= 0.3 is 6.03 Å². The van der Waals surface area contributed by atoms with Crippen molar-refractivity contribution in [3.05, 3.63) is 35.9 Å². The average molecular weight is 341 g/mol. The third kappa shape index (κ3) is 4.17. The maximum absolute atomic E-state index is 12.3. The first kappa shape index (κ1) is 16.9. The van der Waals surface area contributed by atoms with Crippen LogP contribution in [0.5, 0.6) is 0 Å². The summed E-state index contributed by atoms with van der Waals surface area (Å²) in [4.78, 5) is 16.9. The van der Waals surface area contributed by atoms with Gasteiger partial charge in [0.15, 0.2) is 0 Å². The summed E-state index contributed by atoms with van der Waals surface area (Å²) in [5.74, 6) is 0.820. The predicted molar refractivity (Wildman–Crippen MR) is 101 cm³/mol. The summed E-state index contributed by atoms with van der Waals surface area (Å²) < 4.78 is 0. The number of benzene rings is 1. The monoisotopic (exact) mass is 341 g/mol. The van der Waals surface area contributed by atoms with Gasteiger partial charge in [-0.2, -0.15) is 0 Å². The zero-order valence-electron chi connectivity index (χ0n) is 15.2. The Morgan fingerprint density at radius 3 is 2.36 bits per heavy atom. The lowest BCUT2D eigenvalue weighted by Crippen LogP contribution is -2.64. The molecule has 0 radical (unpaired) electrons. The van der Waals surface area contributed by atoms with E-state index in [2.05, 4.69) is 40.5 Å². The van der Waals surface area contributed by atoms with Crippen molar-refractivity contribution >= 4 is 6.03 Å². The Balaban J connectivity index is 1.16. The van der Waals surface area contributed by atoms with Crippen molar-refractivity contribution in [3.63, 3.8) is 0 Å². The molecule has 0 unspecified atom stereocenters. The van der Waals surface area contributed by atoms with Gasteiger partial charge in [0.05, 0.1) is 0 Å². The van der Waals surface area contributed by atoms with E-state index < -0.39 is 0 Å². The smallest absolute Gasteiger partial charge is 0.317 e.